The highest BCUT2D eigenvalue weighted by Gasteiger charge is 2.13. The molecule has 1 aromatic heterocycles. The zero-order valence-corrected chi connectivity index (χ0v) is 19.4. The summed E-state index contributed by atoms with van der Waals surface area (Å²) >= 11 is 0. The van der Waals surface area contributed by atoms with Gasteiger partial charge in [0.15, 0.2) is 0 Å². The second-order valence-corrected chi connectivity index (χ2v) is 7.57. The van der Waals surface area contributed by atoms with E-state index in [9.17, 15) is 0 Å². The van der Waals surface area contributed by atoms with E-state index >= 15 is 0 Å². The van der Waals surface area contributed by atoms with Crippen LogP contribution in [0.3, 0.4) is 0 Å². The van der Waals surface area contributed by atoms with E-state index in [0.717, 1.165) is 28.5 Å². The third-order valence-corrected chi connectivity index (χ3v) is 5.89. The van der Waals surface area contributed by atoms with Crippen molar-refractivity contribution in [1.82, 2.24) is 0 Å². The third kappa shape index (κ3) is 3.87. The van der Waals surface area contributed by atoms with Gasteiger partial charge in [-0.3, -0.25) is 0 Å². The van der Waals surface area contributed by atoms with Crippen LogP contribution in [-0.4, -0.2) is 0 Å². The molecule has 0 aliphatic carbocycles. The highest BCUT2D eigenvalue weighted by molar-refractivity contribution is 6.09. The molecule has 32 heavy (non-hydrogen) atoms. The number of benzene rings is 4. The van der Waals surface area contributed by atoms with Crippen molar-refractivity contribution < 1.29 is 4.42 Å². The fraction of sp³-hybridized carbons (Fsp3) is 0.161. The zero-order valence-electron chi connectivity index (χ0n) is 19.4. The van der Waals surface area contributed by atoms with Crippen LogP contribution < -0.4 is 0 Å². The van der Waals surface area contributed by atoms with Gasteiger partial charge in [0.1, 0.15) is 11.2 Å². The van der Waals surface area contributed by atoms with Gasteiger partial charge in [-0.2, -0.15) is 0 Å². The highest BCUT2D eigenvalue weighted by atomic mass is 16.3. The van der Waals surface area contributed by atoms with Crippen molar-refractivity contribution in [1.29, 1.82) is 0 Å². The van der Waals surface area contributed by atoms with Gasteiger partial charge in [-0.15, -0.1) is 0 Å². The van der Waals surface area contributed by atoms with E-state index in [2.05, 4.69) is 98.8 Å². The highest BCUT2D eigenvalue weighted by Crippen LogP contribution is 2.36. The summed E-state index contributed by atoms with van der Waals surface area (Å²) in [6, 6.07) is 32.2. The number of aryl methyl sites for hydroxylation is 1. The molecular weight excluding hydrogens is 388 g/mol. The molecule has 1 heterocycles. The summed E-state index contributed by atoms with van der Waals surface area (Å²) in [6.45, 7) is 8.33. The summed E-state index contributed by atoms with van der Waals surface area (Å²) in [5, 5.41) is 2.33. The van der Waals surface area contributed by atoms with Crippen LogP contribution in [0.4, 0.5) is 0 Å². The van der Waals surface area contributed by atoms with E-state index in [0.29, 0.717) is 0 Å². The molecule has 160 valence electrons. The lowest BCUT2D eigenvalue weighted by Crippen LogP contribution is -1.94. The van der Waals surface area contributed by atoms with Crippen molar-refractivity contribution in [3.63, 3.8) is 0 Å². The molecule has 5 rings (SSSR count). The standard InChI is InChI=1S/C29H24O.C2H6/c1-3-20-10-5-6-11-24(20)23(4-2)21-16-18-22(19-17-21)25-13-9-14-27-26-12-7-8-15-28(26)30-29(25)27;1-2/h4-19H,3H2,1-2H3;1-2H3/b23-4-;. The van der Waals surface area contributed by atoms with Crippen LogP contribution in [0.1, 0.15) is 44.4 Å². The maximum atomic E-state index is 6.23. The van der Waals surface area contributed by atoms with Crippen LogP contribution in [0.2, 0.25) is 0 Å². The van der Waals surface area contributed by atoms with Gasteiger partial charge in [-0.1, -0.05) is 112 Å². The average Bonchev–Trinajstić information content (AvgIpc) is 3.25. The van der Waals surface area contributed by atoms with Crippen molar-refractivity contribution in [2.75, 3.05) is 0 Å². The minimum Gasteiger partial charge on any atom is -0.455 e. The fourth-order valence-corrected chi connectivity index (χ4v) is 4.37. The lowest BCUT2D eigenvalue weighted by atomic mass is 9.91. The number of allylic oxidation sites excluding steroid dienone is 1. The first-order valence-corrected chi connectivity index (χ1v) is 11.6. The first kappa shape index (κ1) is 21.6. The normalized spacial score (nSPS) is 11.4. The van der Waals surface area contributed by atoms with E-state index in [4.69, 9.17) is 4.42 Å². The Bertz CT molecular complexity index is 1370. The van der Waals surface area contributed by atoms with Gasteiger partial charge in [0.05, 0.1) is 0 Å². The summed E-state index contributed by atoms with van der Waals surface area (Å²) in [6.07, 6.45) is 3.24. The molecule has 5 aromatic rings. The maximum Gasteiger partial charge on any atom is 0.143 e. The molecule has 0 unspecified atom stereocenters. The molecular formula is C31H30O. The van der Waals surface area contributed by atoms with Crippen LogP contribution in [0.25, 0.3) is 38.6 Å². The first-order valence-electron chi connectivity index (χ1n) is 11.6. The van der Waals surface area contributed by atoms with Crippen molar-refractivity contribution in [2.24, 2.45) is 0 Å². The van der Waals surface area contributed by atoms with Gasteiger partial charge in [-0.25, -0.2) is 0 Å². The Morgan fingerprint density at radius 3 is 2.19 bits per heavy atom. The van der Waals surface area contributed by atoms with Crippen molar-refractivity contribution in [2.45, 2.75) is 34.1 Å². The van der Waals surface area contributed by atoms with Crippen LogP contribution in [0, 0.1) is 0 Å². The minimum atomic E-state index is 0.934. The van der Waals surface area contributed by atoms with Gasteiger partial charge < -0.3 is 4.42 Å². The Morgan fingerprint density at radius 1 is 0.750 bits per heavy atom. The number of hydrogen-bond donors (Lipinski definition) is 0. The van der Waals surface area contributed by atoms with E-state index < -0.39 is 0 Å². The molecule has 0 bridgehead atoms. The Kier molecular flexibility index (Phi) is 6.56. The number of rotatable bonds is 4. The zero-order chi connectivity index (χ0) is 22.5. The van der Waals surface area contributed by atoms with Gasteiger partial charge in [-0.05, 0) is 47.2 Å². The van der Waals surface area contributed by atoms with E-state index in [1.165, 1.54) is 33.2 Å². The predicted molar refractivity (Wildman–Crippen MR) is 139 cm³/mol. The Labute approximate surface area is 191 Å². The van der Waals surface area contributed by atoms with Crippen LogP contribution in [-0.2, 0) is 6.42 Å². The molecule has 4 aromatic carbocycles. The van der Waals surface area contributed by atoms with E-state index in [1.807, 2.05) is 26.0 Å². The topological polar surface area (TPSA) is 13.1 Å². The van der Waals surface area contributed by atoms with Crippen molar-refractivity contribution in [3.05, 3.63) is 114 Å². The number of furan rings is 1. The lowest BCUT2D eigenvalue weighted by Gasteiger charge is -2.13. The van der Waals surface area contributed by atoms with Gasteiger partial charge >= 0.3 is 0 Å². The van der Waals surface area contributed by atoms with Gasteiger partial charge in [0.25, 0.3) is 0 Å². The maximum absolute atomic E-state index is 6.23. The van der Waals surface area contributed by atoms with Gasteiger partial charge in [0, 0.05) is 16.3 Å². The van der Waals surface area contributed by atoms with Crippen LogP contribution in [0.15, 0.2) is 101 Å². The average molecular weight is 419 g/mol. The Hall–Kier alpha value is -3.58. The summed E-state index contributed by atoms with van der Waals surface area (Å²) in [5.41, 5.74) is 9.39. The lowest BCUT2D eigenvalue weighted by molar-refractivity contribution is 0.670. The SMILES string of the molecule is C/C=C(/c1ccc(-c2cccc3c2oc2ccccc23)cc1)c1ccccc1CC.CC. The molecule has 0 atom stereocenters. The summed E-state index contributed by atoms with van der Waals surface area (Å²) < 4.78 is 6.23. The second-order valence-electron chi connectivity index (χ2n) is 7.57. The molecule has 1 heteroatoms. The third-order valence-electron chi connectivity index (χ3n) is 5.89. The molecule has 0 saturated heterocycles. The van der Waals surface area contributed by atoms with E-state index in [1.54, 1.807) is 0 Å². The molecule has 0 saturated carbocycles. The largest absolute Gasteiger partial charge is 0.455 e. The summed E-state index contributed by atoms with van der Waals surface area (Å²) in [4.78, 5) is 0. The fourth-order valence-electron chi connectivity index (χ4n) is 4.37. The molecule has 0 aliphatic heterocycles. The number of hydrogen-bond acceptors (Lipinski definition) is 1. The summed E-state index contributed by atoms with van der Waals surface area (Å²) in [7, 11) is 0. The number of para-hydroxylation sites is 2. The Morgan fingerprint density at radius 2 is 1.44 bits per heavy atom. The molecule has 1 nitrogen and oxygen atoms in total. The minimum absolute atomic E-state index is 0.934. The van der Waals surface area contributed by atoms with Gasteiger partial charge in [0.2, 0.25) is 0 Å². The predicted octanol–water partition coefficient (Wildman–Crippen LogP) is 9.29. The molecule has 0 aliphatic rings. The molecule has 0 radical (unpaired) electrons. The van der Waals surface area contributed by atoms with E-state index in [-0.39, 0.29) is 0 Å². The quantitative estimate of drug-likeness (QED) is 0.283. The molecule has 0 fully saturated rings. The van der Waals surface area contributed by atoms with Crippen molar-refractivity contribution in [3.8, 4) is 11.1 Å². The molecule has 0 N–H and O–H groups in total. The Balaban J connectivity index is 0.00000119. The molecule has 0 amide bonds. The van der Waals surface area contributed by atoms with Crippen LogP contribution in [0.5, 0.6) is 0 Å². The molecule has 0 spiro atoms. The first-order chi connectivity index (χ1) is 15.8. The summed E-state index contributed by atoms with van der Waals surface area (Å²) in [5.74, 6) is 0. The van der Waals surface area contributed by atoms with Crippen molar-refractivity contribution >= 4 is 27.5 Å². The number of fused-ring (bicyclic) bond motifs is 3. The monoisotopic (exact) mass is 418 g/mol. The van der Waals surface area contributed by atoms with Crippen LogP contribution >= 0.6 is 0 Å². The smallest absolute Gasteiger partial charge is 0.143 e. The second kappa shape index (κ2) is 9.70.